The van der Waals surface area contributed by atoms with E-state index in [1.807, 2.05) is 66.0 Å². The third kappa shape index (κ3) is 5.72. The van der Waals surface area contributed by atoms with Gasteiger partial charge in [0.05, 0.1) is 17.7 Å². The van der Waals surface area contributed by atoms with E-state index in [4.69, 9.17) is 4.42 Å². The summed E-state index contributed by atoms with van der Waals surface area (Å²) in [5, 5.41) is 5.33. The molecule has 7 heteroatoms. The molecule has 2 aromatic heterocycles. The Balaban J connectivity index is 1.31. The van der Waals surface area contributed by atoms with Crippen molar-refractivity contribution in [1.29, 1.82) is 0 Å². The molecule has 4 rings (SSSR count). The minimum Gasteiger partial charge on any atom is -0.468 e. The molecule has 2 aromatic carbocycles. The number of nitrogens with zero attached hydrogens (tertiary/aromatic N) is 1. The lowest BCUT2D eigenvalue weighted by Gasteiger charge is -2.01. The van der Waals surface area contributed by atoms with Crippen molar-refractivity contribution in [3.05, 3.63) is 94.2 Å². The van der Waals surface area contributed by atoms with Crippen LogP contribution in [0.5, 0.6) is 0 Å². The van der Waals surface area contributed by atoms with E-state index in [1.54, 1.807) is 24.1 Å². The normalized spacial score (nSPS) is 11.1. The van der Waals surface area contributed by atoms with Gasteiger partial charge in [-0.2, -0.15) is 0 Å². The molecule has 0 aliphatic heterocycles. The van der Waals surface area contributed by atoms with Crippen LogP contribution in [0.25, 0.3) is 17.3 Å². The number of anilines is 1. The Kier molecular flexibility index (Phi) is 6.84. The maximum Gasteiger partial charge on any atom is 0.250 e. The van der Waals surface area contributed by atoms with Gasteiger partial charge in [-0.3, -0.25) is 10.1 Å². The molecular formula is C23H17BrN2O2S2. The van der Waals surface area contributed by atoms with Gasteiger partial charge in [-0.05, 0) is 48.0 Å². The molecule has 0 aliphatic carbocycles. The van der Waals surface area contributed by atoms with Gasteiger partial charge in [0.1, 0.15) is 5.76 Å². The van der Waals surface area contributed by atoms with Gasteiger partial charge >= 0.3 is 0 Å². The van der Waals surface area contributed by atoms with E-state index in [-0.39, 0.29) is 5.91 Å². The summed E-state index contributed by atoms with van der Waals surface area (Å²) in [4.78, 5) is 17.9. The fourth-order valence-corrected chi connectivity index (χ4v) is 4.42. The number of thiazole rings is 1. The summed E-state index contributed by atoms with van der Waals surface area (Å²) in [5.74, 6) is 1.54. The summed E-state index contributed by atoms with van der Waals surface area (Å²) >= 11 is 6.54. The fraction of sp³-hybridized carbons (Fsp3) is 0.0435. The zero-order valence-corrected chi connectivity index (χ0v) is 19.0. The van der Waals surface area contributed by atoms with Crippen molar-refractivity contribution in [2.45, 2.75) is 10.6 Å². The summed E-state index contributed by atoms with van der Waals surface area (Å²) in [7, 11) is 0. The van der Waals surface area contributed by atoms with Crippen LogP contribution in [-0.4, -0.2) is 10.9 Å². The predicted octanol–water partition coefficient (Wildman–Crippen LogP) is 7.11. The Morgan fingerprint density at radius 2 is 1.93 bits per heavy atom. The molecule has 0 saturated heterocycles. The van der Waals surface area contributed by atoms with E-state index in [1.165, 1.54) is 17.4 Å². The number of rotatable bonds is 7. The molecular weight excluding hydrogens is 480 g/mol. The average Bonchev–Trinajstić information content (AvgIpc) is 3.44. The van der Waals surface area contributed by atoms with E-state index in [0.29, 0.717) is 5.13 Å². The van der Waals surface area contributed by atoms with Gasteiger partial charge in [0.25, 0.3) is 0 Å². The zero-order valence-electron chi connectivity index (χ0n) is 15.7. The van der Waals surface area contributed by atoms with Crippen molar-refractivity contribution in [3.63, 3.8) is 0 Å². The van der Waals surface area contributed by atoms with E-state index in [9.17, 15) is 4.79 Å². The Morgan fingerprint density at radius 1 is 1.13 bits per heavy atom. The third-order valence-electron chi connectivity index (χ3n) is 4.14. The molecule has 0 radical (unpaired) electrons. The van der Waals surface area contributed by atoms with Crippen LogP contribution in [0.2, 0.25) is 0 Å². The van der Waals surface area contributed by atoms with Crippen LogP contribution in [0, 0.1) is 0 Å². The first kappa shape index (κ1) is 20.7. The van der Waals surface area contributed by atoms with Gasteiger partial charge in [-0.1, -0.05) is 40.2 Å². The van der Waals surface area contributed by atoms with Crippen molar-refractivity contribution < 1.29 is 9.21 Å². The summed E-state index contributed by atoms with van der Waals surface area (Å²) in [6, 6.07) is 19.8. The number of furan rings is 1. The second kappa shape index (κ2) is 9.93. The largest absolute Gasteiger partial charge is 0.468 e. The van der Waals surface area contributed by atoms with Crippen molar-refractivity contribution in [1.82, 2.24) is 4.98 Å². The number of carbonyl (C=O) groups is 1. The first-order chi connectivity index (χ1) is 14.7. The standard InChI is InChI=1S/C23H17BrN2O2S2/c24-18-8-6-17(7-9-18)21-15-30-23(25-21)26-22(27)12-5-16-3-10-20(11-4-16)29-14-19-2-1-13-28-19/h1-13,15H,14H2,(H,25,26,27)/b12-5-. The Morgan fingerprint density at radius 3 is 2.67 bits per heavy atom. The van der Waals surface area contributed by atoms with Crippen molar-refractivity contribution in [3.8, 4) is 11.3 Å². The SMILES string of the molecule is O=C(/C=C\c1ccc(SCc2ccco2)cc1)Nc1nc(-c2ccc(Br)cc2)cs1. The molecule has 2 heterocycles. The molecule has 4 nitrogen and oxygen atoms in total. The maximum atomic E-state index is 12.2. The average molecular weight is 497 g/mol. The summed E-state index contributed by atoms with van der Waals surface area (Å²) in [5.41, 5.74) is 2.81. The highest BCUT2D eigenvalue weighted by molar-refractivity contribution is 9.10. The number of aromatic nitrogens is 1. The first-order valence-corrected chi connectivity index (χ1v) is 11.8. The van der Waals surface area contributed by atoms with Crippen molar-refractivity contribution in [2.75, 3.05) is 5.32 Å². The minimum absolute atomic E-state index is 0.206. The molecule has 0 atom stereocenters. The molecule has 0 spiro atoms. The monoisotopic (exact) mass is 496 g/mol. The highest BCUT2D eigenvalue weighted by Gasteiger charge is 2.06. The van der Waals surface area contributed by atoms with Crippen LogP contribution in [0.15, 0.2) is 92.2 Å². The number of thioether (sulfide) groups is 1. The van der Waals surface area contributed by atoms with Gasteiger partial charge < -0.3 is 4.42 Å². The zero-order chi connectivity index (χ0) is 20.8. The van der Waals surface area contributed by atoms with Crippen LogP contribution in [0.3, 0.4) is 0 Å². The van der Waals surface area contributed by atoms with Crippen LogP contribution >= 0.6 is 39.0 Å². The van der Waals surface area contributed by atoms with Gasteiger partial charge in [0.2, 0.25) is 5.91 Å². The van der Waals surface area contributed by atoms with Crippen LogP contribution in [-0.2, 0) is 10.5 Å². The van der Waals surface area contributed by atoms with Gasteiger partial charge in [0, 0.05) is 26.4 Å². The lowest BCUT2D eigenvalue weighted by molar-refractivity contribution is -0.111. The molecule has 1 N–H and O–H groups in total. The topological polar surface area (TPSA) is 55.1 Å². The summed E-state index contributed by atoms with van der Waals surface area (Å²) in [6.45, 7) is 0. The molecule has 0 aliphatic rings. The summed E-state index contributed by atoms with van der Waals surface area (Å²) < 4.78 is 6.36. The number of carbonyl (C=O) groups excluding carboxylic acids is 1. The third-order valence-corrected chi connectivity index (χ3v) is 6.46. The second-order valence-corrected chi connectivity index (χ2v) is 9.13. The Labute approximate surface area is 191 Å². The van der Waals surface area contributed by atoms with Crippen LogP contribution in [0.4, 0.5) is 5.13 Å². The Hall–Kier alpha value is -2.61. The van der Waals surface area contributed by atoms with Gasteiger partial charge in [-0.15, -0.1) is 23.1 Å². The van der Waals surface area contributed by atoms with E-state index >= 15 is 0 Å². The highest BCUT2D eigenvalue weighted by Crippen LogP contribution is 2.26. The smallest absolute Gasteiger partial charge is 0.250 e. The fourth-order valence-electron chi connectivity index (χ4n) is 2.63. The number of hydrogen-bond acceptors (Lipinski definition) is 5. The molecule has 30 heavy (non-hydrogen) atoms. The van der Waals surface area contributed by atoms with Crippen molar-refractivity contribution >= 4 is 56.1 Å². The van der Waals surface area contributed by atoms with Gasteiger partial charge in [-0.25, -0.2) is 4.98 Å². The Bertz CT molecular complexity index is 1130. The van der Waals surface area contributed by atoms with Crippen LogP contribution < -0.4 is 5.32 Å². The number of amides is 1. The lowest BCUT2D eigenvalue weighted by atomic mass is 10.2. The van der Waals surface area contributed by atoms with Gasteiger partial charge in [0.15, 0.2) is 5.13 Å². The molecule has 4 aromatic rings. The number of halogens is 1. The molecule has 0 fully saturated rings. The number of benzene rings is 2. The number of hydrogen-bond donors (Lipinski definition) is 1. The predicted molar refractivity (Wildman–Crippen MR) is 128 cm³/mol. The van der Waals surface area contributed by atoms with E-state index in [0.717, 1.165) is 37.7 Å². The summed E-state index contributed by atoms with van der Waals surface area (Å²) in [6.07, 6.45) is 4.99. The molecule has 0 unspecified atom stereocenters. The molecule has 0 saturated carbocycles. The molecule has 0 bridgehead atoms. The quantitative estimate of drug-likeness (QED) is 0.218. The molecule has 1 amide bonds. The van der Waals surface area contributed by atoms with Crippen LogP contribution in [0.1, 0.15) is 11.3 Å². The van der Waals surface area contributed by atoms with Crippen molar-refractivity contribution in [2.24, 2.45) is 0 Å². The first-order valence-electron chi connectivity index (χ1n) is 9.11. The van der Waals surface area contributed by atoms with E-state index in [2.05, 4.69) is 26.2 Å². The number of nitrogens with one attached hydrogen (secondary N) is 1. The maximum absolute atomic E-state index is 12.2. The molecule has 150 valence electrons. The lowest BCUT2D eigenvalue weighted by Crippen LogP contribution is -2.07. The minimum atomic E-state index is -0.206. The highest BCUT2D eigenvalue weighted by atomic mass is 79.9. The second-order valence-electron chi connectivity index (χ2n) is 6.30. The van der Waals surface area contributed by atoms with E-state index < -0.39 is 0 Å².